The number of hydrogen-bond donors (Lipinski definition) is 2. The summed E-state index contributed by atoms with van der Waals surface area (Å²) in [5, 5.41) is 6.91. The second kappa shape index (κ2) is 8.95. The summed E-state index contributed by atoms with van der Waals surface area (Å²) < 4.78 is 5.71. The number of ether oxygens (including phenoxy) is 1. The van der Waals surface area contributed by atoms with Crippen molar-refractivity contribution >= 4 is 22.4 Å². The number of nitrogens with zero attached hydrogens (tertiary/aromatic N) is 2. The first-order valence-corrected chi connectivity index (χ1v) is 10.2. The van der Waals surface area contributed by atoms with Crippen LogP contribution < -0.4 is 15.4 Å². The van der Waals surface area contributed by atoms with Gasteiger partial charge in [0.15, 0.2) is 5.13 Å². The number of carbonyl (C=O) groups is 1. The Morgan fingerprint density at radius 2 is 1.96 bits per heavy atom. The van der Waals surface area contributed by atoms with Crippen LogP contribution >= 0.6 is 11.3 Å². The molecule has 1 saturated heterocycles. The normalized spacial score (nSPS) is 14.6. The number of nitrogens with one attached hydrogen (secondary N) is 2. The van der Waals surface area contributed by atoms with Gasteiger partial charge in [0, 0.05) is 22.8 Å². The van der Waals surface area contributed by atoms with Crippen molar-refractivity contribution < 1.29 is 9.53 Å². The molecule has 0 aliphatic carbocycles. The number of aromatic nitrogens is 2. The van der Waals surface area contributed by atoms with E-state index in [-0.39, 0.29) is 5.91 Å². The number of anilines is 1. The fourth-order valence-corrected chi connectivity index (χ4v) is 4.13. The van der Waals surface area contributed by atoms with E-state index in [0.717, 1.165) is 31.6 Å². The standard InChI is InChI=1S/C21H22N4O2S/c26-20(25-21-24-13-19(28-21)15-8-11-22-12-9-15)16-4-6-18(7-5-16)27-14-17-3-1-2-10-23-17/h1-7,10,13,15,22H,8-9,11-12,14H2,(H,24,25,26). The van der Waals surface area contributed by atoms with Crippen molar-refractivity contribution in [2.75, 3.05) is 18.4 Å². The Bertz CT molecular complexity index is 906. The van der Waals surface area contributed by atoms with Gasteiger partial charge in [-0.1, -0.05) is 6.07 Å². The molecule has 28 heavy (non-hydrogen) atoms. The van der Waals surface area contributed by atoms with Crippen molar-refractivity contribution in [3.63, 3.8) is 0 Å². The van der Waals surface area contributed by atoms with Gasteiger partial charge in [-0.3, -0.25) is 15.1 Å². The molecule has 1 aromatic carbocycles. The van der Waals surface area contributed by atoms with Gasteiger partial charge in [0.1, 0.15) is 12.4 Å². The summed E-state index contributed by atoms with van der Waals surface area (Å²) in [4.78, 5) is 22.3. The summed E-state index contributed by atoms with van der Waals surface area (Å²) in [6.07, 6.45) is 5.87. The van der Waals surface area contributed by atoms with Crippen LogP contribution in [0, 0.1) is 0 Å². The molecular formula is C21H22N4O2S. The highest BCUT2D eigenvalue weighted by molar-refractivity contribution is 7.15. The van der Waals surface area contributed by atoms with Gasteiger partial charge >= 0.3 is 0 Å². The molecule has 0 spiro atoms. The Morgan fingerprint density at radius 3 is 2.71 bits per heavy atom. The van der Waals surface area contributed by atoms with Crippen LogP contribution in [0.1, 0.15) is 39.7 Å². The monoisotopic (exact) mass is 394 g/mol. The Kier molecular flexibility index (Phi) is 5.94. The molecule has 6 nitrogen and oxygen atoms in total. The summed E-state index contributed by atoms with van der Waals surface area (Å²) >= 11 is 1.57. The molecule has 3 heterocycles. The fraction of sp³-hybridized carbons (Fsp3) is 0.286. The van der Waals surface area contributed by atoms with E-state index < -0.39 is 0 Å². The highest BCUT2D eigenvalue weighted by Crippen LogP contribution is 2.31. The van der Waals surface area contributed by atoms with Crippen LogP contribution in [0.25, 0.3) is 0 Å². The van der Waals surface area contributed by atoms with Gasteiger partial charge in [0.2, 0.25) is 0 Å². The minimum Gasteiger partial charge on any atom is -0.487 e. The second-order valence-electron chi connectivity index (χ2n) is 6.68. The topological polar surface area (TPSA) is 76.1 Å². The van der Waals surface area contributed by atoms with Gasteiger partial charge in [-0.15, -0.1) is 11.3 Å². The molecule has 0 bridgehead atoms. The molecule has 2 N–H and O–H groups in total. The van der Waals surface area contributed by atoms with Crippen LogP contribution in [-0.4, -0.2) is 29.0 Å². The molecule has 2 aromatic heterocycles. The molecule has 144 valence electrons. The maximum Gasteiger partial charge on any atom is 0.257 e. The molecular weight excluding hydrogens is 372 g/mol. The van der Waals surface area contributed by atoms with Gasteiger partial charge in [0.25, 0.3) is 5.91 Å². The van der Waals surface area contributed by atoms with Gasteiger partial charge in [0.05, 0.1) is 5.69 Å². The zero-order chi connectivity index (χ0) is 19.2. The summed E-state index contributed by atoms with van der Waals surface area (Å²) in [6.45, 7) is 2.48. The van der Waals surface area contributed by atoms with E-state index in [1.54, 1.807) is 41.8 Å². The third-order valence-corrected chi connectivity index (χ3v) is 5.79. The molecule has 7 heteroatoms. The summed E-state index contributed by atoms with van der Waals surface area (Å²) in [5.74, 6) is 1.08. The maximum absolute atomic E-state index is 12.5. The molecule has 0 saturated carbocycles. The molecule has 0 unspecified atom stereocenters. The first kappa shape index (κ1) is 18.6. The third kappa shape index (κ3) is 4.74. The highest BCUT2D eigenvalue weighted by Gasteiger charge is 2.18. The number of pyridine rings is 1. The lowest BCUT2D eigenvalue weighted by Gasteiger charge is -2.20. The van der Waals surface area contributed by atoms with E-state index in [4.69, 9.17) is 4.74 Å². The number of amides is 1. The molecule has 0 atom stereocenters. The zero-order valence-corrected chi connectivity index (χ0v) is 16.2. The molecule has 1 fully saturated rings. The summed E-state index contributed by atoms with van der Waals surface area (Å²) in [7, 11) is 0. The Morgan fingerprint density at radius 1 is 1.14 bits per heavy atom. The Balaban J connectivity index is 1.32. The van der Waals surface area contributed by atoms with Crippen molar-refractivity contribution in [3.8, 4) is 5.75 Å². The van der Waals surface area contributed by atoms with Gasteiger partial charge in [-0.05, 0) is 68.2 Å². The summed E-state index contributed by atoms with van der Waals surface area (Å²) in [5.41, 5.74) is 1.43. The SMILES string of the molecule is O=C(Nc1ncc(C2CCNCC2)s1)c1ccc(OCc2ccccn2)cc1. The number of piperidine rings is 1. The minimum atomic E-state index is -0.164. The van der Waals surface area contributed by atoms with Crippen molar-refractivity contribution in [2.24, 2.45) is 0 Å². The van der Waals surface area contributed by atoms with Crippen molar-refractivity contribution in [2.45, 2.75) is 25.4 Å². The van der Waals surface area contributed by atoms with Crippen molar-refractivity contribution in [1.82, 2.24) is 15.3 Å². The maximum atomic E-state index is 12.5. The number of rotatable bonds is 6. The predicted octanol–water partition coefficient (Wildman–Crippen LogP) is 3.84. The van der Waals surface area contributed by atoms with Crippen LogP contribution in [0.2, 0.25) is 0 Å². The van der Waals surface area contributed by atoms with Crippen molar-refractivity contribution in [3.05, 3.63) is 71.0 Å². The Labute approximate surface area is 168 Å². The second-order valence-corrected chi connectivity index (χ2v) is 7.74. The quantitative estimate of drug-likeness (QED) is 0.664. The number of carbonyl (C=O) groups excluding carboxylic acids is 1. The average Bonchev–Trinajstić information content (AvgIpc) is 3.22. The van der Waals surface area contributed by atoms with Crippen LogP contribution in [0.5, 0.6) is 5.75 Å². The molecule has 1 aliphatic rings. The first-order valence-electron chi connectivity index (χ1n) is 9.38. The van der Waals surface area contributed by atoms with Crippen LogP contribution in [-0.2, 0) is 6.61 Å². The van der Waals surface area contributed by atoms with E-state index in [2.05, 4.69) is 20.6 Å². The predicted molar refractivity (Wildman–Crippen MR) is 110 cm³/mol. The lowest BCUT2D eigenvalue weighted by atomic mass is 9.97. The summed E-state index contributed by atoms with van der Waals surface area (Å²) in [6, 6.07) is 12.8. The lowest BCUT2D eigenvalue weighted by molar-refractivity contribution is 0.102. The van der Waals surface area contributed by atoms with Gasteiger partial charge in [-0.2, -0.15) is 0 Å². The van der Waals surface area contributed by atoms with Gasteiger partial charge < -0.3 is 10.1 Å². The molecule has 0 radical (unpaired) electrons. The largest absolute Gasteiger partial charge is 0.487 e. The fourth-order valence-electron chi connectivity index (χ4n) is 3.15. The first-order chi connectivity index (χ1) is 13.8. The molecule has 1 amide bonds. The zero-order valence-electron chi connectivity index (χ0n) is 15.4. The van der Waals surface area contributed by atoms with Gasteiger partial charge in [-0.25, -0.2) is 4.98 Å². The number of hydrogen-bond acceptors (Lipinski definition) is 6. The lowest BCUT2D eigenvalue weighted by Crippen LogP contribution is -2.26. The number of thiazole rings is 1. The van der Waals surface area contributed by atoms with E-state index in [1.165, 1.54) is 4.88 Å². The highest BCUT2D eigenvalue weighted by atomic mass is 32.1. The third-order valence-electron chi connectivity index (χ3n) is 4.71. The molecule has 4 rings (SSSR count). The van der Waals surface area contributed by atoms with E-state index in [0.29, 0.717) is 29.0 Å². The minimum absolute atomic E-state index is 0.164. The van der Waals surface area contributed by atoms with Crippen LogP contribution in [0.15, 0.2) is 54.9 Å². The smallest absolute Gasteiger partial charge is 0.257 e. The number of benzene rings is 1. The van der Waals surface area contributed by atoms with Crippen LogP contribution in [0.3, 0.4) is 0 Å². The van der Waals surface area contributed by atoms with Crippen molar-refractivity contribution in [1.29, 1.82) is 0 Å². The van der Waals surface area contributed by atoms with E-state index in [9.17, 15) is 4.79 Å². The molecule has 3 aromatic rings. The van der Waals surface area contributed by atoms with E-state index in [1.807, 2.05) is 24.4 Å². The van der Waals surface area contributed by atoms with Crippen LogP contribution in [0.4, 0.5) is 5.13 Å². The average molecular weight is 395 g/mol. The molecule has 1 aliphatic heterocycles. The Hall–Kier alpha value is -2.77. The van der Waals surface area contributed by atoms with E-state index >= 15 is 0 Å².